The van der Waals surface area contributed by atoms with Gasteiger partial charge in [0.1, 0.15) is 5.92 Å². The molecule has 1 saturated heterocycles. The second kappa shape index (κ2) is 5.64. The van der Waals surface area contributed by atoms with Crippen LogP contribution >= 0.6 is 0 Å². The van der Waals surface area contributed by atoms with Crippen LogP contribution < -0.4 is 5.73 Å². The molecule has 2 aromatic rings. The standard InChI is InChI=1S/C19H22N4O/c1-23-10-11(5-12(8-20)19(21)24)6-15-14-3-2-4-16-18(14)13(9-22-16)7-17(15)23/h2-4,9,11-12,15,17,22H,5-7,10H2,1H3,(H2,21,24)/t11-,12?,15?,17+/m0/s1. The predicted molar refractivity (Wildman–Crippen MR) is 92.2 cm³/mol. The number of benzene rings is 1. The second-order valence-electron chi connectivity index (χ2n) is 7.32. The van der Waals surface area contributed by atoms with Crippen molar-refractivity contribution in [2.45, 2.75) is 31.2 Å². The number of hydrogen-bond donors (Lipinski definition) is 2. The summed E-state index contributed by atoms with van der Waals surface area (Å²) in [7, 11) is 2.16. The maximum absolute atomic E-state index is 11.4. The van der Waals surface area contributed by atoms with Crippen molar-refractivity contribution in [3.63, 3.8) is 0 Å². The van der Waals surface area contributed by atoms with Crippen molar-refractivity contribution in [3.05, 3.63) is 35.5 Å². The Balaban J connectivity index is 1.66. The fourth-order valence-electron chi connectivity index (χ4n) is 4.79. The Bertz CT molecular complexity index is 833. The van der Waals surface area contributed by atoms with E-state index in [2.05, 4.69) is 47.4 Å². The Hall–Kier alpha value is -2.32. The van der Waals surface area contributed by atoms with E-state index in [1.54, 1.807) is 0 Å². The molecule has 1 aromatic carbocycles. The zero-order valence-corrected chi connectivity index (χ0v) is 13.8. The fraction of sp³-hybridized carbons (Fsp3) is 0.474. The summed E-state index contributed by atoms with van der Waals surface area (Å²) in [6.07, 6.45) is 4.78. The van der Waals surface area contributed by atoms with E-state index in [-0.39, 0.29) is 0 Å². The number of amides is 1. The van der Waals surface area contributed by atoms with Gasteiger partial charge >= 0.3 is 0 Å². The quantitative estimate of drug-likeness (QED) is 0.908. The third-order valence-electron chi connectivity index (χ3n) is 5.88. The number of carbonyl (C=O) groups excluding carboxylic acids is 1. The van der Waals surface area contributed by atoms with Crippen molar-refractivity contribution in [3.8, 4) is 6.07 Å². The van der Waals surface area contributed by atoms with Crippen LogP contribution in [0.1, 0.15) is 29.9 Å². The summed E-state index contributed by atoms with van der Waals surface area (Å²) >= 11 is 0. The van der Waals surface area contributed by atoms with Gasteiger partial charge in [-0.1, -0.05) is 12.1 Å². The van der Waals surface area contributed by atoms with Crippen molar-refractivity contribution in [1.82, 2.24) is 9.88 Å². The van der Waals surface area contributed by atoms with Crippen LogP contribution in [0.4, 0.5) is 0 Å². The largest absolute Gasteiger partial charge is 0.369 e. The van der Waals surface area contributed by atoms with Crippen LogP contribution in [0.25, 0.3) is 10.9 Å². The average Bonchev–Trinajstić information content (AvgIpc) is 2.98. The number of aromatic nitrogens is 1. The summed E-state index contributed by atoms with van der Waals surface area (Å²) in [5, 5.41) is 10.6. The van der Waals surface area contributed by atoms with Crippen LogP contribution in [0.15, 0.2) is 24.4 Å². The van der Waals surface area contributed by atoms with Gasteiger partial charge in [0.15, 0.2) is 0 Å². The maximum atomic E-state index is 11.4. The van der Waals surface area contributed by atoms with E-state index in [1.165, 1.54) is 22.0 Å². The number of nitrogens with zero attached hydrogens (tertiary/aromatic N) is 2. The maximum Gasteiger partial charge on any atom is 0.234 e. The SMILES string of the molecule is CN1C[C@@H](CC(C#N)C(N)=O)CC2c3cccc4[nH]cc(c34)C[C@H]21. The minimum Gasteiger partial charge on any atom is -0.369 e. The molecule has 4 atom stereocenters. The number of nitriles is 1. The van der Waals surface area contributed by atoms with Gasteiger partial charge in [-0.15, -0.1) is 0 Å². The van der Waals surface area contributed by atoms with Gasteiger partial charge in [-0.3, -0.25) is 4.79 Å². The lowest BCUT2D eigenvalue weighted by molar-refractivity contribution is -0.120. The molecule has 0 bridgehead atoms. The van der Waals surface area contributed by atoms with Crippen molar-refractivity contribution >= 4 is 16.8 Å². The van der Waals surface area contributed by atoms with E-state index >= 15 is 0 Å². The molecule has 5 nitrogen and oxygen atoms in total. The van der Waals surface area contributed by atoms with Crippen LogP contribution in [0, 0.1) is 23.2 Å². The Morgan fingerprint density at radius 2 is 2.38 bits per heavy atom. The molecule has 2 aliphatic rings. The number of likely N-dealkylation sites (N-methyl/N-ethyl adjacent to an activating group) is 1. The molecule has 1 fully saturated rings. The van der Waals surface area contributed by atoms with E-state index in [4.69, 9.17) is 5.73 Å². The zero-order chi connectivity index (χ0) is 16.8. The summed E-state index contributed by atoms with van der Waals surface area (Å²) in [4.78, 5) is 17.2. The number of nitrogens with two attached hydrogens (primary N) is 1. The minimum atomic E-state index is -0.679. The molecule has 2 heterocycles. The summed E-state index contributed by atoms with van der Waals surface area (Å²) in [6, 6.07) is 9.04. The molecule has 1 aliphatic carbocycles. The molecule has 5 heteroatoms. The number of primary amides is 1. The average molecular weight is 322 g/mol. The number of H-pyrrole nitrogens is 1. The number of aromatic amines is 1. The Kier molecular flexibility index (Phi) is 3.58. The molecule has 0 radical (unpaired) electrons. The second-order valence-corrected chi connectivity index (χ2v) is 7.32. The molecule has 1 amide bonds. The predicted octanol–water partition coefficient (Wildman–Crippen LogP) is 2.14. The summed E-state index contributed by atoms with van der Waals surface area (Å²) in [6.45, 7) is 0.919. The normalized spacial score (nSPS) is 27.4. The molecule has 0 spiro atoms. The molecular formula is C19H22N4O. The molecule has 0 saturated carbocycles. The Labute approximate surface area is 141 Å². The Morgan fingerprint density at radius 3 is 3.12 bits per heavy atom. The van der Waals surface area contributed by atoms with Crippen LogP contribution in [0.3, 0.4) is 0 Å². The van der Waals surface area contributed by atoms with Crippen molar-refractivity contribution < 1.29 is 4.79 Å². The monoisotopic (exact) mass is 322 g/mol. The highest BCUT2D eigenvalue weighted by Crippen LogP contribution is 2.45. The first-order valence-electron chi connectivity index (χ1n) is 8.56. The number of fused-ring (bicyclic) bond motifs is 2. The van der Waals surface area contributed by atoms with Gasteiger partial charge in [0.2, 0.25) is 5.91 Å². The minimum absolute atomic E-state index is 0.323. The highest BCUT2D eigenvalue weighted by atomic mass is 16.1. The topological polar surface area (TPSA) is 85.9 Å². The first kappa shape index (κ1) is 15.2. The van der Waals surface area contributed by atoms with Gasteiger partial charge in [0.25, 0.3) is 0 Å². The van der Waals surface area contributed by atoms with Gasteiger partial charge in [-0.05, 0) is 49.4 Å². The van der Waals surface area contributed by atoms with E-state index in [1.807, 2.05) is 0 Å². The lowest BCUT2D eigenvalue weighted by Gasteiger charge is -2.45. The smallest absolute Gasteiger partial charge is 0.234 e. The Morgan fingerprint density at radius 1 is 1.54 bits per heavy atom. The van der Waals surface area contributed by atoms with Crippen LogP contribution in [0.2, 0.25) is 0 Å². The number of hydrogen-bond acceptors (Lipinski definition) is 3. The summed E-state index contributed by atoms with van der Waals surface area (Å²) in [5.74, 6) is -0.403. The molecule has 1 aliphatic heterocycles. The first-order chi connectivity index (χ1) is 11.6. The highest BCUT2D eigenvalue weighted by molar-refractivity contribution is 5.88. The summed E-state index contributed by atoms with van der Waals surface area (Å²) in [5.41, 5.74) is 9.38. The fourth-order valence-corrected chi connectivity index (χ4v) is 4.79. The van der Waals surface area contributed by atoms with Crippen LogP contribution in [-0.2, 0) is 11.2 Å². The first-order valence-corrected chi connectivity index (χ1v) is 8.56. The van der Waals surface area contributed by atoms with E-state index in [0.29, 0.717) is 24.3 Å². The lowest BCUT2D eigenvalue weighted by Crippen LogP contribution is -2.48. The van der Waals surface area contributed by atoms with Crippen LogP contribution in [-0.4, -0.2) is 35.4 Å². The third kappa shape index (κ3) is 2.30. The van der Waals surface area contributed by atoms with Gasteiger partial charge < -0.3 is 15.6 Å². The number of likely N-dealkylation sites (tertiary alicyclic amines) is 1. The molecule has 124 valence electrons. The van der Waals surface area contributed by atoms with E-state index in [0.717, 1.165) is 19.4 Å². The van der Waals surface area contributed by atoms with Gasteiger partial charge in [-0.2, -0.15) is 5.26 Å². The van der Waals surface area contributed by atoms with E-state index < -0.39 is 11.8 Å². The summed E-state index contributed by atoms with van der Waals surface area (Å²) < 4.78 is 0. The van der Waals surface area contributed by atoms with E-state index in [9.17, 15) is 10.1 Å². The lowest BCUT2D eigenvalue weighted by atomic mass is 9.71. The van der Waals surface area contributed by atoms with Crippen LogP contribution in [0.5, 0.6) is 0 Å². The molecule has 4 rings (SSSR count). The highest BCUT2D eigenvalue weighted by Gasteiger charge is 2.40. The zero-order valence-electron chi connectivity index (χ0n) is 13.8. The molecule has 1 aromatic heterocycles. The number of piperidine rings is 1. The van der Waals surface area contributed by atoms with Gasteiger partial charge in [-0.25, -0.2) is 0 Å². The molecule has 3 N–H and O–H groups in total. The number of carbonyl (C=O) groups is 1. The molecule has 2 unspecified atom stereocenters. The van der Waals surface area contributed by atoms with Crippen molar-refractivity contribution in [2.24, 2.45) is 17.6 Å². The van der Waals surface area contributed by atoms with Gasteiger partial charge in [0.05, 0.1) is 6.07 Å². The van der Waals surface area contributed by atoms with Crippen molar-refractivity contribution in [1.29, 1.82) is 5.26 Å². The van der Waals surface area contributed by atoms with Gasteiger partial charge in [0, 0.05) is 35.6 Å². The molecular weight excluding hydrogens is 300 g/mol. The third-order valence-corrected chi connectivity index (χ3v) is 5.88. The molecule has 24 heavy (non-hydrogen) atoms. The number of nitrogens with one attached hydrogen (secondary N) is 1. The van der Waals surface area contributed by atoms with Crippen molar-refractivity contribution in [2.75, 3.05) is 13.6 Å². The number of rotatable bonds is 3.